The molecule has 1 amide bonds. The van der Waals surface area contributed by atoms with E-state index in [1.807, 2.05) is 0 Å². The average molecular weight is 323 g/mol. The lowest BCUT2D eigenvalue weighted by atomic mass is 9.77. The van der Waals surface area contributed by atoms with Crippen LogP contribution in [0.15, 0.2) is 12.2 Å². The van der Waals surface area contributed by atoms with Crippen molar-refractivity contribution in [3.63, 3.8) is 0 Å². The van der Waals surface area contributed by atoms with E-state index in [0.717, 1.165) is 0 Å². The highest BCUT2D eigenvalue weighted by Gasteiger charge is 2.64. The predicted molar refractivity (Wildman–Crippen MR) is 81.0 cm³/mol. The monoisotopic (exact) mass is 323 g/mol. The molecule has 1 saturated heterocycles. The predicted octanol–water partition coefficient (Wildman–Crippen LogP) is 0.146. The van der Waals surface area contributed by atoms with Crippen LogP contribution in [0.1, 0.15) is 13.8 Å². The Labute approximate surface area is 135 Å². The molecular weight excluding hydrogens is 302 g/mol. The minimum Gasteiger partial charge on any atom is -0.465 e. The Balaban J connectivity index is 3.34. The van der Waals surface area contributed by atoms with Crippen molar-refractivity contribution in [2.45, 2.75) is 20.0 Å². The van der Waals surface area contributed by atoms with Gasteiger partial charge in [-0.25, -0.2) is 0 Å². The van der Waals surface area contributed by atoms with Crippen LogP contribution in [0.25, 0.3) is 0 Å². The molecule has 1 aliphatic rings. The fourth-order valence-electron chi connectivity index (χ4n) is 2.36. The molecule has 23 heavy (non-hydrogen) atoms. The number of hydrogen-bond donors (Lipinski definition) is 0. The van der Waals surface area contributed by atoms with Gasteiger partial charge >= 0.3 is 11.9 Å². The third-order valence-corrected chi connectivity index (χ3v) is 3.50. The van der Waals surface area contributed by atoms with Crippen LogP contribution in [0, 0.1) is 17.8 Å². The molecule has 1 unspecified atom stereocenters. The molecule has 0 aromatic carbocycles. The number of ether oxygens (including phenoxy) is 3. The number of amides is 1. The SMILES string of the molecule is C#CCN(C)C(=O)C1OCC(=C)C1(C(=O)OCC)C(=O)OCC. The molecule has 1 atom stereocenters. The van der Waals surface area contributed by atoms with Crippen LogP contribution >= 0.6 is 0 Å². The number of esters is 2. The zero-order valence-electron chi connectivity index (χ0n) is 13.6. The molecule has 126 valence electrons. The van der Waals surface area contributed by atoms with Crippen LogP contribution < -0.4 is 0 Å². The molecule has 1 fully saturated rings. The molecule has 7 nitrogen and oxygen atoms in total. The van der Waals surface area contributed by atoms with Crippen molar-refractivity contribution in [2.75, 3.05) is 33.4 Å². The Kier molecular flexibility index (Phi) is 6.34. The number of rotatable bonds is 6. The Morgan fingerprint density at radius 2 is 1.87 bits per heavy atom. The van der Waals surface area contributed by atoms with Crippen molar-refractivity contribution in [3.8, 4) is 12.3 Å². The normalized spacial score (nSPS) is 18.9. The Morgan fingerprint density at radius 3 is 2.30 bits per heavy atom. The van der Waals surface area contributed by atoms with Crippen molar-refractivity contribution in [1.82, 2.24) is 4.90 Å². The van der Waals surface area contributed by atoms with Crippen molar-refractivity contribution in [3.05, 3.63) is 12.2 Å². The molecule has 0 bridgehead atoms. The molecule has 0 spiro atoms. The van der Waals surface area contributed by atoms with Crippen LogP contribution in [0.4, 0.5) is 0 Å². The van der Waals surface area contributed by atoms with Gasteiger partial charge in [-0.1, -0.05) is 12.5 Å². The molecule has 0 N–H and O–H groups in total. The second kappa shape index (κ2) is 7.79. The van der Waals surface area contributed by atoms with Gasteiger partial charge in [0.25, 0.3) is 5.91 Å². The second-order valence-corrected chi connectivity index (χ2v) is 4.94. The molecule has 7 heteroatoms. The van der Waals surface area contributed by atoms with Crippen LogP contribution in [-0.4, -0.2) is 62.3 Å². The number of carbonyl (C=O) groups excluding carboxylic acids is 3. The summed E-state index contributed by atoms with van der Waals surface area (Å²) in [5.41, 5.74) is -1.88. The molecule has 0 aromatic rings. The first-order chi connectivity index (χ1) is 10.9. The van der Waals surface area contributed by atoms with E-state index in [9.17, 15) is 14.4 Å². The Morgan fingerprint density at radius 1 is 1.35 bits per heavy atom. The summed E-state index contributed by atoms with van der Waals surface area (Å²) in [6.45, 7) is 6.85. The van der Waals surface area contributed by atoms with E-state index in [1.165, 1.54) is 11.9 Å². The van der Waals surface area contributed by atoms with Gasteiger partial charge in [0.2, 0.25) is 5.41 Å². The number of carbonyl (C=O) groups is 3. The van der Waals surface area contributed by atoms with Gasteiger partial charge in [-0.2, -0.15) is 0 Å². The molecule has 1 heterocycles. The molecule has 1 aliphatic heterocycles. The first-order valence-corrected chi connectivity index (χ1v) is 7.20. The van der Waals surface area contributed by atoms with E-state index in [4.69, 9.17) is 20.6 Å². The minimum absolute atomic E-state index is 0.00685. The maximum Gasteiger partial charge on any atom is 0.331 e. The van der Waals surface area contributed by atoms with Crippen molar-refractivity contribution < 1.29 is 28.6 Å². The Hall–Kier alpha value is -2.33. The summed E-state index contributed by atoms with van der Waals surface area (Å²) < 4.78 is 15.4. The van der Waals surface area contributed by atoms with E-state index in [1.54, 1.807) is 13.8 Å². The van der Waals surface area contributed by atoms with Crippen molar-refractivity contribution in [1.29, 1.82) is 0 Å². The van der Waals surface area contributed by atoms with Crippen LogP contribution in [0.3, 0.4) is 0 Å². The molecule has 0 saturated carbocycles. The molecule has 0 aliphatic carbocycles. The van der Waals surface area contributed by atoms with Crippen LogP contribution in [0.5, 0.6) is 0 Å². The Bertz CT molecular complexity index is 529. The van der Waals surface area contributed by atoms with Gasteiger partial charge in [0.1, 0.15) is 0 Å². The van der Waals surface area contributed by atoms with Gasteiger partial charge in [0.05, 0.1) is 26.4 Å². The molecule has 0 aromatic heterocycles. The topological polar surface area (TPSA) is 82.1 Å². The van der Waals surface area contributed by atoms with Crippen LogP contribution in [0.2, 0.25) is 0 Å². The van der Waals surface area contributed by atoms with Crippen molar-refractivity contribution >= 4 is 17.8 Å². The zero-order valence-corrected chi connectivity index (χ0v) is 13.6. The quantitative estimate of drug-likeness (QED) is 0.299. The lowest BCUT2D eigenvalue weighted by molar-refractivity contribution is -0.178. The summed E-state index contributed by atoms with van der Waals surface area (Å²) in [6, 6.07) is 0. The van der Waals surface area contributed by atoms with E-state index < -0.39 is 29.4 Å². The summed E-state index contributed by atoms with van der Waals surface area (Å²) in [4.78, 5) is 38.8. The van der Waals surface area contributed by atoms with Crippen LogP contribution in [-0.2, 0) is 28.6 Å². The average Bonchev–Trinajstić information content (AvgIpc) is 2.85. The smallest absolute Gasteiger partial charge is 0.331 e. The maximum absolute atomic E-state index is 12.6. The maximum atomic E-state index is 12.6. The minimum atomic E-state index is -2.01. The van der Waals surface area contributed by atoms with Gasteiger partial charge in [-0.05, 0) is 19.4 Å². The zero-order chi connectivity index (χ0) is 17.6. The highest BCUT2D eigenvalue weighted by molar-refractivity contribution is 6.09. The summed E-state index contributed by atoms with van der Waals surface area (Å²) in [5.74, 6) is -0.112. The van der Waals surface area contributed by atoms with Gasteiger partial charge in [0.15, 0.2) is 6.10 Å². The highest BCUT2D eigenvalue weighted by Crippen LogP contribution is 2.42. The fourth-order valence-corrected chi connectivity index (χ4v) is 2.36. The third-order valence-electron chi connectivity index (χ3n) is 3.50. The van der Waals surface area contributed by atoms with E-state index >= 15 is 0 Å². The number of terminal acetylenes is 1. The second-order valence-electron chi connectivity index (χ2n) is 4.94. The molecule has 1 rings (SSSR count). The van der Waals surface area contributed by atoms with E-state index in [-0.39, 0.29) is 31.9 Å². The summed E-state index contributed by atoms with van der Waals surface area (Å²) >= 11 is 0. The summed E-state index contributed by atoms with van der Waals surface area (Å²) in [5, 5.41) is 0. The third kappa shape index (κ3) is 3.22. The lowest BCUT2D eigenvalue weighted by Gasteiger charge is -2.31. The standard InChI is InChI=1S/C16H21NO6/c1-6-9-17(5)13(18)12-16(11(4)10-23-12,14(19)21-7-2)15(20)22-8-3/h1,12H,4,7-10H2,2-3,5H3. The fraction of sp³-hybridized carbons (Fsp3) is 0.562. The van der Waals surface area contributed by atoms with Gasteiger partial charge in [-0.15, -0.1) is 6.42 Å². The first kappa shape index (κ1) is 18.7. The van der Waals surface area contributed by atoms with Gasteiger partial charge < -0.3 is 19.1 Å². The van der Waals surface area contributed by atoms with Gasteiger partial charge in [0, 0.05) is 7.05 Å². The lowest BCUT2D eigenvalue weighted by Crippen LogP contribution is -2.55. The van der Waals surface area contributed by atoms with Crippen molar-refractivity contribution in [2.24, 2.45) is 5.41 Å². The van der Waals surface area contributed by atoms with E-state index in [0.29, 0.717) is 0 Å². The number of hydrogen-bond acceptors (Lipinski definition) is 6. The summed E-state index contributed by atoms with van der Waals surface area (Å²) in [6.07, 6.45) is 3.78. The highest BCUT2D eigenvalue weighted by atomic mass is 16.6. The largest absolute Gasteiger partial charge is 0.465 e. The van der Waals surface area contributed by atoms with Gasteiger partial charge in [-0.3, -0.25) is 14.4 Å². The molecule has 0 radical (unpaired) electrons. The number of nitrogens with zero attached hydrogens (tertiary/aromatic N) is 1. The first-order valence-electron chi connectivity index (χ1n) is 7.20. The van der Waals surface area contributed by atoms with E-state index in [2.05, 4.69) is 12.5 Å². The number of likely N-dealkylation sites (N-methyl/N-ethyl adjacent to an activating group) is 1. The summed E-state index contributed by atoms with van der Waals surface area (Å²) in [7, 11) is 1.45. The molecular formula is C16H21NO6.